The Balaban J connectivity index is 0.000000112. The molecular formula is C119H70Cl4F4O20. The fourth-order valence-corrected chi connectivity index (χ4v) is 18.5. The molecule has 722 valence electrons. The van der Waals surface area contributed by atoms with Crippen LogP contribution in [0.25, 0.3) is 166 Å². The van der Waals surface area contributed by atoms with Crippen LogP contribution in [-0.4, -0.2) is 30.2 Å². The van der Waals surface area contributed by atoms with Crippen LogP contribution in [0.1, 0.15) is 92.3 Å². The third-order valence-corrected chi connectivity index (χ3v) is 26.1. The molecule has 0 radical (unpaired) electrons. The largest absolute Gasteiger partial charge is 0.497 e. The maximum absolute atomic E-state index is 14.4. The minimum atomic E-state index is -0.922. The van der Waals surface area contributed by atoms with Crippen molar-refractivity contribution in [1.29, 1.82) is 0 Å². The van der Waals surface area contributed by atoms with Gasteiger partial charge in [0, 0.05) is 112 Å². The molecule has 0 aliphatic carbocycles. The van der Waals surface area contributed by atoms with Crippen molar-refractivity contribution in [3.8, 4) is 61.6 Å². The Morgan fingerprint density at radius 3 is 1.03 bits per heavy atom. The molecule has 24 aromatic rings. The van der Waals surface area contributed by atoms with Gasteiger partial charge in [-0.05, 0) is 255 Å². The normalized spacial score (nSPS) is 11.3. The van der Waals surface area contributed by atoms with E-state index in [0.29, 0.717) is 147 Å². The third-order valence-electron chi connectivity index (χ3n) is 24.8. The number of ketones is 4. The van der Waals surface area contributed by atoms with Crippen molar-refractivity contribution in [1.82, 2.24) is 0 Å². The summed E-state index contributed by atoms with van der Waals surface area (Å²) in [5.41, 5.74) is 11.2. The van der Waals surface area contributed by atoms with E-state index >= 15 is 0 Å². The van der Waals surface area contributed by atoms with Gasteiger partial charge in [0.1, 0.15) is 90.6 Å². The monoisotopic (exact) mass is 2030 g/mol. The first kappa shape index (κ1) is 96.7. The minimum Gasteiger partial charge on any atom is -0.497 e. The summed E-state index contributed by atoms with van der Waals surface area (Å²) in [6.45, 7) is 9.12. The lowest BCUT2D eigenvalue weighted by Gasteiger charge is -2.07. The van der Waals surface area contributed by atoms with Crippen molar-refractivity contribution in [3.63, 3.8) is 0 Å². The fraction of sp³-hybridized carbons (Fsp3) is 0.0504. The highest BCUT2D eigenvalue weighted by Crippen LogP contribution is 2.48. The Kier molecular flexibility index (Phi) is 26.2. The van der Waals surface area contributed by atoms with E-state index in [2.05, 4.69) is 0 Å². The maximum atomic E-state index is 14.4. The Morgan fingerprint density at radius 1 is 0.259 bits per heavy atom. The number of benzene rings is 14. The average Bonchev–Trinajstić information content (AvgIpc) is 1.59. The average molecular weight is 2040 g/mol. The van der Waals surface area contributed by atoms with Crippen LogP contribution < -0.4 is 32.9 Å². The molecule has 14 aromatic carbocycles. The molecule has 0 unspecified atom stereocenters. The molecular weight excluding hydrogens is 1970 g/mol. The van der Waals surface area contributed by atoms with E-state index in [1.807, 2.05) is 99.6 Å². The number of halogens is 8. The van der Waals surface area contributed by atoms with Crippen molar-refractivity contribution in [3.05, 3.63) is 484 Å². The van der Waals surface area contributed by atoms with E-state index < -0.39 is 57.1 Å². The van der Waals surface area contributed by atoms with Crippen molar-refractivity contribution in [2.45, 2.75) is 34.6 Å². The number of carbonyl (C=O) groups is 4. The number of methoxy groups -OCH3 is 1. The van der Waals surface area contributed by atoms with Crippen LogP contribution >= 0.6 is 46.4 Å². The van der Waals surface area contributed by atoms with E-state index in [1.54, 1.807) is 173 Å². The first-order chi connectivity index (χ1) is 70.9. The highest BCUT2D eigenvalue weighted by molar-refractivity contribution is 6.42. The predicted octanol–water partition coefficient (Wildman–Crippen LogP) is 30.7. The second-order valence-corrected chi connectivity index (χ2v) is 35.9. The zero-order valence-electron chi connectivity index (χ0n) is 77.7. The van der Waals surface area contributed by atoms with Crippen LogP contribution in [0.2, 0.25) is 20.1 Å². The molecule has 0 amide bonds. The quantitative estimate of drug-likeness (QED) is 0.0555. The van der Waals surface area contributed by atoms with E-state index in [4.69, 9.17) is 95.3 Å². The highest BCUT2D eigenvalue weighted by atomic mass is 35.5. The molecule has 10 heterocycles. The van der Waals surface area contributed by atoms with Crippen LogP contribution in [-0.2, 0) is 0 Å². The Bertz CT molecular complexity index is 9840. The molecule has 24 rings (SSSR count). The zero-order valence-corrected chi connectivity index (χ0v) is 80.7. The molecule has 0 spiro atoms. The van der Waals surface area contributed by atoms with E-state index in [0.717, 1.165) is 89.9 Å². The summed E-state index contributed by atoms with van der Waals surface area (Å²) >= 11 is 24.6. The van der Waals surface area contributed by atoms with Gasteiger partial charge < -0.3 is 48.9 Å². The Labute approximate surface area is 846 Å². The molecule has 0 saturated carbocycles. The van der Waals surface area contributed by atoms with Gasteiger partial charge in [0.25, 0.3) is 0 Å². The number of furan rings is 5. The molecule has 0 N–H and O–H groups in total. The lowest BCUT2D eigenvalue weighted by molar-refractivity contribution is 0.100. The Morgan fingerprint density at radius 2 is 0.612 bits per heavy atom. The number of aryl methyl sites for hydroxylation is 5. The summed E-state index contributed by atoms with van der Waals surface area (Å²) in [6, 6.07) is 84.5. The zero-order chi connectivity index (χ0) is 103. The summed E-state index contributed by atoms with van der Waals surface area (Å²) in [5.74, 6) is -3.03. The number of hydrogen-bond acceptors (Lipinski definition) is 20. The summed E-state index contributed by atoms with van der Waals surface area (Å²) < 4.78 is 118. The third kappa shape index (κ3) is 18.8. The van der Waals surface area contributed by atoms with Crippen molar-refractivity contribution >= 4 is 179 Å². The van der Waals surface area contributed by atoms with Gasteiger partial charge in [0.15, 0.2) is 23.0 Å². The lowest BCUT2D eigenvalue weighted by Crippen LogP contribution is -2.05. The predicted molar refractivity (Wildman–Crippen MR) is 558 cm³/mol. The molecule has 147 heavy (non-hydrogen) atoms. The van der Waals surface area contributed by atoms with Crippen LogP contribution in [0.3, 0.4) is 0 Å². The van der Waals surface area contributed by atoms with Crippen molar-refractivity contribution < 1.29 is 85.6 Å². The van der Waals surface area contributed by atoms with Gasteiger partial charge in [-0.3, -0.25) is 19.2 Å². The maximum Gasteiger partial charge on any atom is 0.336 e. The minimum absolute atomic E-state index is 0.0560. The van der Waals surface area contributed by atoms with Gasteiger partial charge >= 0.3 is 28.1 Å². The van der Waals surface area contributed by atoms with E-state index in [9.17, 15) is 60.7 Å². The second kappa shape index (κ2) is 39.8. The topological polar surface area (TPSA) is 294 Å². The molecule has 20 nitrogen and oxygen atoms in total. The van der Waals surface area contributed by atoms with Gasteiger partial charge in [-0.25, -0.2) is 41.5 Å². The SMILES string of the molecule is COc1ccc(C(=O)c2oc3ccc4c(C)cc(=O)oc4c3c2-c2ccc(Cl)cc2)cc1.Cc1cc(=O)oc2c1ccc1oc(-c3ccccc3)cc12.Cc1cc(=O)oc2c1ccc1oc(C(=O)c3cc(F)ccc3F)c(-c3ccc(F)cc3)c12.Cc1cc(=O)oc2c1ccc1oc(C(=O)c3cccc(Cl)c3)c(-c3ccc(F)cc3)c12.Cc1cc(=O)oc2c1ccc1oc(C(=O)c3ccccc3)c(-c3ccc(Cl)c(Cl)c3)c12. The molecule has 28 heteroatoms. The molecule has 10 aromatic heterocycles. The molecule has 0 bridgehead atoms. The summed E-state index contributed by atoms with van der Waals surface area (Å²) in [4.78, 5) is 114. The van der Waals surface area contributed by atoms with E-state index in [-0.39, 0.29) is 62.7 Å². The van der Waals surface area contributed by atoms with Gasteiger partial charge in [0.2, 0.25) is 23.1 Å². The number of rotatable bonds is 14. The van der Waals surface area contributed by atoms with Crippen LogP contribution in [0, 0.1) is 57.9 Å². The van der Waals surface area contributed by atoms with Crippen molar-refractivity contribution in [2.75, 3.05) is 7.11 Å². The highest BCUT2D eigenvalue weighted by Gasteiger charge is 2.33. The van der Waals surface area contributed by atoms with Crippen LogP contribution in [0.15, 0.2) is 384 Å². The van der Waals surface area contributed by atoms with Gasteiger partial charge in [0.05, 0.1) is 49.6 Å². The van der Waals surface area contributed by atoms with Gasteiger partial charge in [-0.2, -0.15) is 0 Å². The summed E-state index contributed by atoms with van der Waals surface area (Å²) in [6.07, 6.45) is 0. The van der Waals surface area contributed by atoms with Gasteiger partial charge in [-0.1, -0.05) is 162 Å². The number of carbonyl (C=O) groups excluding carboxylic acids is 4. The lowest BCUT2D eigenvalue weighted by atomic mass is 9.96. The molecule has 0 atom stereocenters. The molecule has 0 aliphatic heterocycles. The molecule has 0 aliphatic rings. The first-order valence-electron chi connectivity index (χ1n) is 45.2. The van der Waals surface area contributed by atoms with Gasteiger partial charge in [-0.15, -0.1) is 0 Å². The molecule has 0 saturated heterocycles. The summed E-state index contributed by atoms with van der Waals surface area (Å²) in [7, 11) is 1.57. The summed E-state index contributed by atoms with van der Waals surface area (Å²) in [5, 5.41) is 8.22. The van der Waals surface area contributed by atoms with Crippen molar-refractivity contribution in [2.24, 2.45) is 0 Å². The fourth-order valence-electron chi connectivity index (χ4n) is 17.9. The number of hydrogen-bond donors (Lipinski definition) is 0. The van der Waals surface area contributed by atoms with Crippen LogP contribution in [0.4, 0.5) is 17.6 Å². The van der Waals surface area contributed by atoms with E-state index in [1.165, 1.54) is 66.7 Å². The smallest absolute Gasteiger partial charge is 0.336 e. The number of fused-ring (bicyclic) bond motifs is 15. The Hall–Kier alpha value is -17.8. The van der Waals surface area contributed by atoms with Crippen LogP contribution in [0.5, 0.6) is 5.75 Å². The standard InChI is InChI=1S/C26H17ClO5.C25H14Cl2O4.C25H14ClFO4.C25H13F3O4.C18H12O3/c1-14-13-21(28)32-25-19(14)11-12-20-23(25)22(15-3-7-17(27)8-4-15)26(31-20)24(29)16-5-9-18(30-2)10-6-16;1-13-11-20(28)31-24-16(13)8-10-19-22(24)21(15-7-9-17(26)18(27)12-15)25(30-19)23(29)14-5-3-2-4-6-14;1-13-11-20(28)31-24-18(13)9-10-19-22(24)21(14-5-7-17(27)8-6-14)25(30-19)23(29)15-3-2-4-16(26)12-15;1-12-10-20(29)32-24-16(12)7-9-19-22(24)21(13-2-4-14(26)5-3-13)25(31-19)23(30)17-11-15(27)6-8-18(17)28;1-11-9-17(19)21-18-13(11)7-8-15-14(18)10-16(20-15)12-5-3-2-4-6-12/h3-13H,1-2H3;2*2-12H,1H3;2-11H,1H3;2-10H,1H3. The number of ether oxygens (including phenoxy) is 1. The molecule has 0 fully saturated rings. The second-order valence-electron chi connectivity index (χ2n) is 34.3. The first-order valence-corrected chi connectivity index (χ1v) is 46.7.